The molecule has 20 heavy (non-hydrogen) atoms. The number of nitrogens with zero attached hydrogens (tertiary/aromatic N) is 1. The van der Waals surface area contributed by atoms with Crippen molar-refractivity contribution in [2.24, 2.45) is 0 Å². The minimum atomic E-state index is -1.51. The largest absolute Gasteiger partial charge is 0.457 e. The van der Waals surface area contributed by atoms with Gasteiger partial charge in [0.05, 0.1) is 16.7 Å². The second kappa shape index (κ2) is 5.37. The molecule has 0 aliphatic carbocycles. The molecule has 2 aromatic rings. The molecule has 1 aromatic carbocycles. The Hall–Kier alpha value is -2.29. The van der Waals surface area contributed by atoms with Crippen molar-refractivity contribution in [2.75, 3.05) is 5.32 Å². The van der Waals surface area contributed by atoms with Crippen molar-refractivity contribution in [3.05, 3.63) is 56.4 Å². The number of hydrogen-bond acceptors (Lipinski definition) is 4. The third kappa shape index (κ3) is 2.52. The van der Waals surface area contributed by atoms with Crippen LogP contribution in [-0.4, -0.2) is 10.8 Å². The Morgan fingerprint density at radius 1 is 1.35 bits per heavy atom. The lowest BCUT2D eigenvalue weighted by atomic mass is 10.2. The van der Waals surface area contributed by atoms with Crippen molar-refractivity contribution in [1.29, 1.82) is 0 Å². The van der Waals surface area contributed by atoms with Crippen LogP contribution < -0.4 is 5.32 Å². The zero-order valence-electron chi connectivity index (χ0n) is 9.52. The van der Waals surface area contributed by atoms with E-state index in [9.17, 15) is 23.7 Å². The molecule has 2 rings (SSSR count). The quantitative estimate of drug-likeness (QED) is 0.680. The van der Waals surface area contributed by atoms with E-state index in [0.29, 0.717) is 6.07 Å². The normalized spacial score (nSPS) is 10.3. The monoisotopic (exact) mass is 346 g/mol. The summed E-state index contributed by atoms with van der Waals surface area (Å²) in [4.78, 5) is 21.7. The summed E-state index contributed by atoms with van der Waals surface area (Å²) in [6.45, 7) is 0. The van der Waals surface area contributed by atoms with E-state index in [0.717, 1.165) is 6.07 Å². The van der Waals surface area contributed by atoms with Crippen molar-refractivity contribution in [1.82, 2.24) is 0 Å². The number of hydrogen-bond donors (Lipinski definition) is 1. The van der Waals surface area contributed by atoms with Gasteiger partial charge >= 0.3 is 0 Å². The minimum absolute atomic E-state index is 0.0111. The third-order valence-electron chi connectivity index (χ3n) is 2.37. The average molecular weight is 347 g/mol. The highest BCUT2D eigenvalue weighted by Gasteiger charge is 2.24. The van der Waals surface area contributed by atoms with Gasteiger partial charge in [-0.05, 0) is 28.1 Å². The molecule has 0 radical (unpaired) electrons. The van der Waals surface area contributed by atoms with E-state index in [4.69, 9.17) is 4.42 Å². The van der Waals surface area contributed by atoms with Gasteiger partial charge in [-0.1, -0.05) is 0 Å². The first-order valence-corrected chi connectivity index (χ1v) is 5.88. The van der Waals surface area contributed by atoms with E-state index in [1.807, 2.05) is 5.32 Å². The topological polar surface area (TPSA) is 85.4 Å². The van der Waals surface area contributed by atoms with Crippen LogP contribution >= 0.6 is 15.9 Å². The van der Waals surface area contributed by atoms with Crippen molar-refractivity contribution in [2.45, 2.75) is 0 Å². The third-order valence-corrected chi connectivity index (χ3v) is 2.98. The molecule has 0 unspecified atom stereocenters. The van der Waals surface area contributed by atoms with Gasteiger partial charge in [0.25, 0.3) is 11.6 Å². The smallest absolute Gasteiger partial charge is 0.296 e. The first-order valence-electron chi connectivity index (χ1n) is 5.08. The summed E-state index contributed by atoms with van der Waals surface area (Å²) >= 11 is 2.93. The maximum Gasteiger partial charge on any atom is 0.296 e. The average Bonchev–Trinajstić information content (AvgIpc) is 2.81. The second-order valence-electron chi connectivity index (χ2n) is 3.57. The molecule has 9 heteroatoms. The number of halogens is 3. The fourth-order valence-electron chi connectivity index (χ4n) is 1.45. The number of amides is 1. The molecule has 1 N–H and O–H groups in total. The Morgan fingerprint density at radius 2 is 2.05 bits per heavy atom. The first kappa shape index (κ1) is 14.1. The molecule has 0 saturated carbocycles. The van der Waals surface area contributed by atoms with Crippen LogP contribution in [0.2, 0.25) is 0 Å². The number of anilines is 1. The van der Waals surface area contributed by atoms with Crippen LogP contribution in [0.4, 0.5) is 20.2 Å². The van der Waals surface area contributed by atoms with Crippen molar-refractivity contribution < 1.29 is 22.9 Å². The van der Waals surface area contributed by atoms with Crippen LogP contribution in [0.5, 0.6) is 0 Å². The molecule has 104 valence electrons. The number of nitro groups is 1. The molecule has 0 atom stereocenters. The second-order valence-corrected chi connectivity index (χ2v) is 4.29. The Bertz CT molecular complexity index is 702. The van der Waals surface area contributed by atoms with Crippen molar-refractivity contribution in [3.8, 4) is 0 Å². The van der Waals surface area contributed by atoms with Gasteiger partial charge in [0.1, 0.15) is 0 Å². The fraction of sp³-hybridized carbons (Fsp3) is 0. The van der Waals surface area contributed by atoms with Crippen LogP contribution in [0.3, 0.4) is 0 Å². The number of furan rings is 1. The summed E-state index contributed by atoms with van der Waals surface area (Å²) in [5, 5.41) is 12.7. The van der Waals surface area contributed by atoms with Crippen LogP contribution in [0.1, 0.15) is 10.4 Å². The van der Waals surface area contributed by atoms with Gasteiger partial charge in [-0.15, -0.1) is 0 Å². The number of nitrogens with one attached hydrogen (secondary N) is 1. The summed E-state index contributed by atoms with van der Waals surface area (Å²) in [5.74, 6) is -3.69. The standard InChI is InChI=1S/C11H5BrF2N2O4/c12-10-5(3-4-20-10)11(17)15-9-7(16(18)19)2-1-6(13)8(9)14/h1-4H,(H,15,17). The number of carbonyl (C=O) groups excluding carboxylic acids is 1. The van der Waals surface area contributed by atoms with Gasteiger partial charge in [-0.2, -0.15) is 0 Å². The Balaban J connectivity index is 2.43. The van der Waals surface area contributed by atoms with Crippen LogP contribution in [0.15, 0.2) is 33.5 Å². The van der Waals surface area contributed by atoms with E-state index in [1.54, 1.807) is 0 Å². The molecule has 0 aliphatic rings. The summed E-state index contributed by atoms with van der Waals surface area (Å²) in [5.41, 5.74) is -1.60. The molecular weight excluding hydrogens is 342 g/mol. The van der Waals surface area contributed by atoms with Crippen molar-refractivity contribution >= 4 is 33.2 Å². The Labute approximate surface area is 118 Å². The lowest BCUT2D eigenvalue weighted by molar-refractivity contribution is -0.384. The van der Waals surface area contributed by atoms with E-state index in [1.165, 1.54) is 12.3 Å². The zero-order chi connectivity index (χ0) is 14.9. The molecular formula is C11H5BrF2N2O4. The fourth-order valence-corrected chi connectivity index (χ4v) is 1.87. The molecule has 1 heterocycles. The number of nitro benzene ring substituents is 1. The number of rotatable bonds is 3. The van der Waals surface area contributed by atoms with Crippen LogP contribution in [-0.2, 0) is 0 Å². The SMILES string of the molecule is O=C(Nc1c([N+](=O)[O-])ccc(F)c1F)c1ccoc1Br. The van der Waals surface area contributed by atoms with Gasteiger partial charge in [0, 0.05) is 6.07 Å². The van der Waals surface area contributed by atoms with Gasteiger partial charge in [0.2, 0.25) is 0 Å². The van der Waals surface area contributed by atoms with E-state index < -0.39 is 33.8 Å². The van der Waals surface area contributed by atoms with E-state index in [-0.39, 0.29) is 10.2 Å². The van der Waals surface area contributed by atoms with Gasteiger partial charge < -0.3 is 9.73 Å². The summed E-state index contributed by atoms with van der Waals surface area (Å²) in [6, 6.07) is 2.64. The van der Waals surface area contributed by atoms with Crippen molar-refractivity contribution in [3.63, 3.8) is 0 Å². The molecule has 1 amide bonds. The van der Waals surface area contributed by atoms with Crippen LogP contribution in [0, 0.1) is 21.7 Å². The summed E-state index contributed by atoms with van der Waals surface area (Å²) in [7, 11) is 0. The Morgan fingerprint density at radius 3 is 2.60 bits per heavy atom. The Kier molecular flexibility index (Phi) is 3.79. The molecule has 0 spiro atoms. The first-order chi connectivity index (χ1) is 9.41. The number of benzene rings is 1. The minimum Gasteiger partial charge on any atom is -0.457 e. The molecule has 6 nitrogen and oxygen atoms in total. The van der Waals surface area contributed by atoms with Gasteiger partial charge in [-0.3, -0.25) is 14.9 Å². The lowest BCUT2D eigenvalue weighted by Crippen LogP contribution is -2.14. The zero-order valence-corrected chi connectivity index (χ0v) is 11.1. The number of carbonyl (C=O) groups is 1. The van der Waals surface area contributed by atoms with Crippen LogP contribution in [0.25, 0.3) is 0 Å². The predicted molar refractivity (Wildman–Crippen MR) is 67.4 cm³/mol. The molecule has 0 bridgehead atoms. The molecule has 0 saturated heterocycles. The highest BCUT2D eigenvalue weighted by molar-refractivity contribution is 9.10. The van der Waals surface area contributed by atoms with Gasteiger partial charge in [0.15, 0.2) is 22.0 Å². The maximum atomic E-state index is 13.6. The molecule has 1 aromatic heterocycles. The highest BCUT2D eigenvalue weighted by Crippen LogP contribution is 2.30. The molecule has 0 aliphatic heterocycles. The lowest BCUT2D eigenvalue weighted by Gasteiger charge is -2.06. The predicted octanol–water partition coefficient (Wildman–Crippen LogP) is 3.48. The summed E-state index contributed by atoms with van der Waals surface area (Å²) in [6.07, 6.45) is 1.19. The maximum absolute atomic E-state index is 13.6. The highest BCUT2D eigenvalue weighted by atomic mass is 79.9. The van der Waals surface area contributed by atoms with E-state index >= 15 is 0 Å². The van der Waals surface area contributed by atoms with Gasteiger partial charge in [-0.25, -0.2) is 8.78 Å². The molecule has 0 fully saturated rings. The van der Waals surface area contributed by atoms with E-state index in [2.05, 4.69) is 15.9 Å². The summed E-state index contributed by atoms with van der Waals surface area (Å²) < 4.78 is 31.6.